The molecule has 5 nitrogen and oxygen atoms in total. The van der Waals surface area contributed by atoms with Gasteiger partial charge in [-0.15, -0.1) is 12.4 Å². The second-order valence-corrected chi connectivity index (χ2v) is 7.59. The van der Waals surface area contributed by atoms with Crippen molar-refractivity contribution in [1.82, 2.24) is 10.2 Å². The third kappa shape index (κ3) is 5.86. The molecule has 0 radical (unpaired) electrons. The van der Waals surface area contributed by atoms with Crippen molar-refractivity contribution in [1.29, 1.82) is 0 Å². The van der Waals surface area contributed by atoms with Gasteiger partial charge >= 0.3 is 0 Å². The molecule has 1 heterocycles. The first-order valence-corrected chi connectivity index (χ1v) is 9.36. The Labute approximate surface area is 164 Å². The highest BCUT2D eigenvalue weighted by molar-refractivity contribution is 5.85. The summed E-state index contributed by atoms with van der Waals surface area (Å²) in [5.41, 5.74) is 7.28. The van der Waals surface area contributed by atoms with E-state index in [1.165, 1.54) is 0 Å². The van der Waals surface area contributed by atoms with Crippen LogP contribution in [0.25, 0.3) is 0 Å². The van der Waals surface area contributed by atoms with E-state index in [0.29, 0.717) is 13.2 Å². The highest BCUT2D eigenvalue weighted by Crippen LogP contribution is 2.29. The van der Waals surface area contributed by atoms with Crippen LogP contribution in [-0.2, 0) is 4.79 Å². The summed E-state index contributed by atoms with van der Waals surface area (Å²) in [5, 5.41) is 3.18. The van der Waals surface area contributed by atoms with Gasteiger partial charge in [-0.25, -0.2) is 0 Å². The summed E-state index contributed by atoms with van der Waals surface area (Å²) in [5.74, 6) is 0.909. The molecular weight excluding hydrogens is 350 g/mol. The van der Waals surface area contributed by atoms with E-state index in [4.69, 9.17) is 10.5 Å². The lowest BCUT2D eigenvalue weighted by Crippen LogP contribution is -2.54. The molecule has 0 aromatic heterocycles. The smallest absolute Gasteiger partial charge is 0.234 e. The summed E-state index contributed by atoms with van der Waals surface area (Å²) in [7, 11) is 0. The average Bonchev–Trinajstić information content (AvgIpc) is 2.57. The topological polar surface area (TPSA) is 67.6 Å². The van der Waals surface area contributed by atoms with Gasteiger partial charge in [0.25, 0.3) is 0 Å². The molecule has 148 valence electrons. The zero-order valence-electron chi connectivity index (χ0n) is 16.5. The fraction of sp³-hybridized carbons (Fsp3) is 0.650. The Morgan fingerprint density at radius 1 is 1.38 bits per heavy atom. The van der Waals surface area contributed by atoms with Crippen molar-refractivity contribution in [3.05, 3.63) is 29.8 Å². The van der Waals surface area contributed by atoms with Crippen molar-refractivity contribution < 1.29 is 9.53 Å². The van der Waals surface area contributed by atoms with Crippen LogP contribution < -0.4 is 15.8 Å². The molecule has 1 aromatic carbocycles. The van der Waals surface area contributed by atoms with Crippen LogP contribution in [0.5, 0.6) is 5.75 Å². The summed E-state index contributed by atoms with van der Waals surface area (Å²) < 4.78 is 5.71. The molecule has 0 bridgehead atoms. The zero-order valence-corrected chi connectivity index (χ0v) is 17.3. The second-order valence-electron chi connectivity index (χ2n) is 7.59. The number of nitrogens with one attached hydrogen (secondary N) is 1. The Hall–Kier alpha value is -1.30. The summed E-state index contributed by atoms with van der Waals surface area (Å²) in [6, 6.07) is 8.11. The minimum Gasteiger partial charge on any atom is -0.494 e. The van der Waals surface area contributed by atoms with Crippen LogP contribution in [0.15, 0.2) is 24.3 Å². The standard InChI is InChI=1S/C20H33N3O2.ClH/c1-5-16(15-9-7-8-10-17(15)25-6-2)22-19(24)13-23-12-11-18(21)20(3,4)14-23;/h7-10,16,18H,5-6,11-14,21H2,1-4H3,(H,22,24);1H. The third-order valence-electron chi connectivity index (χ3n) is 5.10. The number of para-hydroxylation sites is 1. The number of benzene rings is 1. The van der Waals surface area contributed by atoms with E-state index < -0.39 is 0 Å². The zero-order chi connectivity index (χ0) is 18.4. The van der Waals surface area contributed by atoms with Crippen molar-refractivity contribution in [3.8, 4) is 5.75 Å². The van der Waals surface area contributed by atoms with Gasteiger partial charge in [-0.3, -0.25) is 9.69 Å². The monoisotopic (exact) mass is 383 g/mol. The fourth-order valence-electron chi connectivity index (χ4n) is 3.52. The Morgan fingerprint density at radius 3 is 2.69 bits per heavy atom. The molecule has 1 saturated heterocycles. The molecule has 1 amide bonds. The maximum atomic E-state index is 12.6. The SMILES string of the molecule is CCOc1ccccc1C(CC)NC(=O)CN1CCC(N)C(C)(C)C1.Cl. The van der Waals surface area contributed by atoms with E-state index in [1.807, 2.05) is 31.2 Å². The lowest BCUT2D eigenvalue weighted by atomic mass is 9.80. The average molecular weight is 384 g/mol. The first kappa shape index (κ1) is 22.7. The Morgan fingerprint density at radius 2 is 2.08 bits per heavy atom. The molecule has 1 aliphatic heterocycles. The molecule has 0 spiro atoms. The third-order valence-corrected chi connectivity index (χ3v) is 5.10. The van der Waals surface area contributed by atoms with Crippen LogP contribution in [0.1, 0.15) is 52.1 Å². The number of likely N-dealkylation sites (tertiary alicyclic amines) is 1. The number of carbonyl (C=O) groups excluding carboxylic acids is 1. The van der Waals surface area contributed by atoms with Crippen LogP contribution in [0.3, 0.4) is 0 Å². The summed E-state index contributed by atoms with van der Waals surface area (Å²) in [6.07, 6.45) is 1.76. The van der Waals surface area contributed by atoms with Crippen LogP contribution in [0, 0.1) is 5.41 Å². The van der Waals surface area contributed by atoms with Crippen molar-refractivity contribution in [2.45, 2.75) is 52.6 Å². The van der Waals surface area contributed by atoms with E-state index in [-0.39, 0.29) is 35.8 Å². The fourth-order valence-corrected chi connectivity index (χ4v) is 3.52. The molecule has 6 heteroatoms. The lowest BCUT2D eigenvalue weighted by molar-refractivity contribution is -0.123. The van der Waals surface area contributed by atoms with E-state index >= 15 is 0 Å². The molecule has 1 aromatic rings. The lowest BCUT2D eigenvalue weighted by Gasteiger charge is -2.42. The van der Waals surface area contributed by atoms with Gasteiger partial charge < -0.3 is 15.8 Å². The van der Waals surface area contributed by atoms with E-state index in [9.17, 15) is 4.79 Å². The predicted octanol–water partition coefficient (Wildman–Crippen LogP) is 3.13. The quantitative estimate of drug-likeness (QED) is 0.759. The van der Waals surface area contributed by atoms with Gasteiger partial charge in [-0.05, 0) is 31.2 Å². The number of amides is 1. The molecular formula is C20H34ClN3O2. The van der Waals surface area contributed by atoms with Gasteiger partial charge in [0.1, 0.15) is 5.75 Å². The van der Waals surface area contributed by atoms with Crippen LogP contribution in [0.4, 0.5) is 0 Å². The molecule has 0 saturated carbocycles. The minimum absolute atomic E-state index is 0. The Balaban J connectivity index is 0.00000338. The molecule has 3 N–H and O–H groups in total. The van der Waals surface area contributed by atoms with E-state index in [2.05, 4.69) is 31.0 Å². The highest BCUT2D eigenvalue weighted by Gasteiger charge is 2.34. The first-order valence-electron chi connectivity index (χ1n) is 9.36. The molecule has 1 aliphatic rings. The maximum Gasteiger partial charge on any atom is 0.234 e. The predicted molar refractivity (Wildman–Crippen MR) is 109 cm³/mol. The van der Waals surface area contributed by atoms with Crippen LogP contribution in [-0.4, -0.2) is 43.1 Å². The summed E-state index contributed by atoms with van der Waals surface area (Å²) in [4.78, 5) is 14.8. The first-order chi connectivity index (χ1) is 11.9. The van der Waals surface area contributed by atoms with Crippen LogP contribution >= 0.6 is 12.4 Å². The number of piperidine rings is 1. The number of hydrogen-bond donors (Lipinski definition) is 2. The Bertz CT molecular complexity index is 580. The van der Waals surface area contributed by atoms with Gasteiger partial charge in [0.2, 0.25) is 5.91 Å². The van der Waals surface area contributed by atoms with Crippen molar-refractivity contribution >= 4 is 18.3 Å². The van der Waals surface area contributed by atoms with Crippen LogP contribution in [0.2, 0.25) is 0 Å². The normalized spacial score (nSPS) is 20.7. The molecule has 0 aliphatic carbocycles. The molecule has 26 heavy (non-hydrogen) atoms. The van der Waals surface area contributed by atoms with Crippen molar-refractivity contribution in [2.75, 3.05) is 26.2 Å². The van der Waals surface area contributed by atoms with E-state index in [0.717, 1.165) is 37.2 Å². The van der Waals surface area contributed by atoms with Gasteiger partial charge in [-0.1, -0.05) is 39.0 Å². The maximum absolute atomic E-state index is 12.6. The Kier molecular flexibility index (Phi) is 8.87. The molecule has 1 fully saturated rings. The highest BCUT2D eigenvalue weighted by atomic mass is 35.5. The molecule has 2 unspecified atom stereocenters. The van der Waals surface area contributed by atoms with Crippen molar-refractivity contribution in [2.24, 2.45) is 11.1 Å². The summed E-state index contributed by atoms with van der Waals surface area (Å²) >= 11 is 0. The van der Waals surface area contributed by atoms with Gasteiger partial charge in [0.05, 0.1) is 19.2 Å². The molecule has 2 atom stereocenters. The minimum atomic E-state index is -0.0321. The van der Waals surface area contributed by atoms with E-state index in [1.54, 1.807) is 0 Å². The second kappa shape index (κ2) is 10.1. The largest absolute Gasteiger partial charge is 0.494 e. The van der Waals surface area contributed by atoms with Crippen molar-refractivity contribution in [3.63, 3.8) is 0 Å². The summed E-state index contributed by atoms with van der Waals surface area (Å²) in [6.45, 7) is 11.2. The number of nitrogens with zero attached hydrogens (tertiary/aromatic N) is 1. The number of nitrogens with two attached hydrogens (primary N) is 1. The number of halogens is 1. The number of ether oxygens (including phenoxy) is 1. The molecule has 2 rings (SSSR count). The van der Waals surface area contributed by atoms with Gasteiger partial charge in [0, 0.05) is 24.7 Å². The van der Waals surface area contributed by atoms with Gasteiger partial charge in [-0.2, -0.15) is 0 Å². The van der Waals surface area contributed by atoms with Gasteiger partial charge in [0.15, 0.2) is 0 Å². The number of hydrogen-bond acceptors (Lipinski definition) is 4. The number of carbonyl (C=O) groups is 1. The number of rotatable bonds is 7.